The lowest BCUT2D eigenvalue weighted by molar-refractivity contribution is 0.191. The van der Waals surface area contributed by atoms with Crippen LogP contribution in [0.15, 0.2) is 0 Å². The zero-order valence-corrected chi connectivity index (χ0v) is 10.4. The van der Waals surface area contributed by atoms with Crippen molar-refractivity contribution in [1.82, 2.24) is 5.32 Å². The second-order valence-corrected chi connectivity index (χ2v) is 4.99. The predicted octanol–water partition coefficient (Wildman–Crippen LogP) is 2.71. The van der Waals surface area contributed by atoms with Gasteiger partial charge in [0.25, 0.3) is 0 Å². The SMILES string of the molecule is CCNC1(CCO)CCCC(CC)CC1. The van der Waals surface area contributed by atoms with Crippen LogP contribution in [0.1, 0.15) is 58.8 Å². The van der Waals surface area contributed by atoms with Gasteiger partial charge in [0, 0.05) is 12.1 Å². The molecule has 1 saturated carbocycles. The molecule has 0 amide bonds. The molecule has 0 aliphatic heterocycles. The van der Waals surface area contributed by atoms with E-state index in [2.05, 4.69) is 19.2 Å². The van der Waals surface area contributed by atoms with Gasteiger partial charge in [-0.15, -0.1) is 0 Å². The first-order chi connectivity index (χ1) is 7.26. The van der Waals surface area contributed by atoms with E-state index in [1.54, 1.807) is 0 Å². The van der Waals surface area contributed by atoms with Gasteiger partial charge < -0.3 is 10.4 Å². The van der Waals surface area contributed by atoms with E-state index < -0.39 is 0 Å². The minimum Gasteiger partial charge on any atom is -0.396 e. The molecule has 0 spiro atoms. The van der Waals surface area contributed by atoms with Crippen LogP contribution in [0, 0.1) is 5.92 Å². The van der Waals surface area contributed by atoms with Crippen molar-refractivity contribution in [3.05, 3.63) is 0 Å². The van der Waals surface area contributed by atoms with Gasteiger partial charge in [-0.3, -0.25) is 0 Å². The van der Waals surface area contributed by atoms with Gasteiger partial charge in [0.05, 0.1) is 0 Å². The third kappa shape index (κ3) is 3.76. The van der Waals surface area contributed by atoms with Crippen molar-refractivity contribution in [2.24, 2.45) is 5.92 Å². The summed E-state index contributed by atoms with van der Waals surface area (Å²) in [4.78, 5) is 0. The average Bonchev–Trinajstić information content (AvgIpc) is 2.42. The average molecular weight is 213 g/mol. The second-order valence-electron chi connectivity index (χ2n) is 4.99. The minimum atomic E-state index is 0.243. The summed E-state index contributed by atoms with van der Waals surface area (Å²) in [5.41, 5.74) is 0.243. The standard InChI is InChI=1S/C13H27NO/c1-3-12-6-5-8-13(9-7-12,10-11-15)14-4-2/h12,14-15H,3-11H2,1-2H3. The summed E-state index contributed by atoms with van der Waals surface area (Å²) < 4.78 is 0. The van der Waals surface area contributed by atoms with Gasteiger partial charge in [0.15, 0.2) is 0 Å². The van der Waals surface area contributed by atoms with Crippen LogP contribution in [-0.4, -0.2) is 23.8 Å². The van der Waals surface area contributed by atoms with E-state index in [1.165, 1.54) is 38.5 Å². The van der Waals surface area contributed by atoms with E-state index in [0.29, 0.717) is 6.61 Å². The highest BCUT2D eigenvalue weighted by molar-refractivity contribution is 4.90. The number of aliphatic hydroxyl groups excluding tert-OH is 1. The Hall–Kier alpha value is -0.0800. The van der Waals surface area contributed by atoms with Gasteiger partial charge in [0.2, 0.25) is 0 Å². The van der Waals surface area contributed by atoms with Crippen LogP contribution in [0.3, 0.4) is 0 Å². The second kappa shape index (κ2) is 6.49. The molecule has 0 radical (unpaired) electrons. The highest BCUT2D eigenvalue weighted by Gasteiger charge is 2.31. The Morgan fingerprint density at radius 3 is 2.67 bits per heavy atom. The zero-order chi connectivity index (χ0) is 11.1. The van der Waals surface area contributed by atoms with Gasteiger partial charge >= 0.3 is 0 Å². The quantitative estimate of drug-likeness (QED) is 0.688. The zero-order valence-electron chi connectivity index (χ0n) is 10.4. The summed E-state index contributed by atoms with van der Waals surface area (Å²) in [5.74, 6) is 0.921. The molecule has 0 aromatic carbocycles. The lowest BCUT2D eigenvalue weighted by Crippen LogP contribution is -2.45. The number of rotatable bonds is 5. The van der Waals surface area contributed by atoms with Crippen LogP contribution < -0.4 is 5.32 Å². The van der Waals surface area contributed by atoms with Crippen LogP contribution in [0.5, 0.6) is 0 Å². The molecule has 90 valence electrons. The monoisotopic (exact) mass is 213 g/mol. The molecule has 2 nitrogen and oxygen atoms in total. The van der Waals surface area contributed by atoms with E-state index in [9.17, 15) is 5.11 Å². The van der Waals surface area contributed by atoms with E-state index >= 15 is 0 Å². The van der Waals surface area contributed by atoms with Crippen LogP contribution in [-0.2, 0) is 0 Å². The third-order valence-corrected chi connectivity index (χ3v) is 4.02. The highest BCUT2D eigenvalue weighted by atomic mass is 16.3. The molecule has 0 heterocycles. The van der Waals surface area contributed by atoms with Crippen LogP contribution >= 0.6 is 0 Å². The number of hydrogen-bond acceptors (Lipinski definition) is 2. The molecule has 0 aromatic heterocycles. The predicted molar refractivity (Wildman–Crippen MR) is 65.0 cm³/mol. The highest BCUT2D eigenvalue weighted by Crippen LogP contribution is 2.33. The maximum absolute atomic E-state index is 9.19. The van der Waals surface area contributed by atoms with Crippen molar-refractivity contribution in [2.75, 3.05) is 13.2 Å². The Labute approximate surface area is 94.5 Å². The van der Waals surface area contributed by atoms with E-state index in [-0.39, 0.29) is 5.54 Å². The largest absolute Gasteiger partial charge is 0.396 e. The smallest absolute Gasteiger partial charge is 0.0448 e. The molecule has 2 atom stereocenters. The minimum absolute atomic E-state index is 0.243. The molecule has 0 saturated heterocycles. The Bertz CT molecular complexity index is 164. The molecule has 1 fully saturated rings. The van der Waals surface area contributed by atoms with Crippen molar-refractivity contribution in [3.8, 4) is 0 Å². The molecule has 0 bridgehead atoms. The summed E-state index contributed by atoms with van der Waals surface area (Å²) in [6.45, 7) is 5.82. The molecule has 1 aliphatic rings. The van der Waals surface area contributed by atoms with Gasteiger partial charge in [-0.05, 0) is 38.1 Å². The molecule has 15 heavy (non-hydrogen) atoms. The topological polar surface area (TPSA) is 32.3 Å². The van der Waals surface area contributed by atoms with Gasteiger partial charge in [-0.1, -0.05) is 33.1 Å². The molecule has 2 N–H and O–H groups in total. The Morgan fingerprint density at radius 1 is 1.27 bits per heavy atom. The van der Waals surface area contributed by atoms with Crippen LogP contribution in [0.4, 0.5) is 0 Å². The fraction of sp³-hybridized carbons (Fsp3) is 1.00. The van der Waals surface area contributed by atoms with E-state index in [0.717, 1.165) is 18.9 Å². The molecule has 1 rings (SSSR count). The van der Waals surface area contributed by atoms with Crippen LogP contribution in [0.2, 0.25) is 0 Å². The van der Waals surface area contributed by atoms with Crippen molar-refractivity contribution in [3.63, 3.8) is 0 Å². The molecule has 1 aliphatic carbocycles. The van der Waals surface area contributed by atoms with Gasteiger partial charge in [-0.25, -0.2) is 0 Å². The first-order valence-corrected chi connectivity index (χ1v) is 6.62. The first kappa shape index (κ1) is 13.0. The van der Waals surface area contributed by atoms with Crippen molar-refractivity contribution < 1.29 is 5.11 Å². The molecular weight excluding hydrogens is 186 g/mol. The summed E-state index contributed by atoms with van der Waals surface area (Å²) in [5, 5.41) is 12.8. The Morgan fingerprint density at radius 2 is 2.07 bits per heavy atom. The lowest BCUT2D eigenvalue weighted by Gasteiger charge is -2.33. The van der Waals surface area contributed by atoms with E-state index in [1.807, 2.05) is 0 Å². The molecular formula is C13H27NO. The molecule has 0 aromatic rings. The summed E-state index contributed by atoms with van der Waals surface area (Å²) in [6, 6.07) is 0. The number of nitrogens with one attached hydrogen (secondary N) is 1. The van der Waals surface area contributed by atoms with Gasteiger partial charge in [-0.2, -0.15) is 0 Å². The van der Waals surface area contributed by atoms with Gasteiger partial charge in [0.1, 0.15) is 0 Å². The summed E-state index contributed by atoms with van der Waals surface area (Å²) in [7, 11) is 0. The van der Waals surface area contributed by atoms with Crippen molar-refractivity contribution >= 4 is 0 Å². The molecule has 2 unspecified atom stereocenters. The fourth-order valence-electron chi connectivity index (χ4n) is 2.99. The normalized spacial score (nSPS) is 32.6. The van der Waals surface area contributed by atoms with Crippen molar-refractivity contribution in [2.45, 2.75) is 64.3 Å². The molecule has 2 heteroatoms. The third-order valence-electron chi connectivity index (χ3n) is 4.02. The fourth-order valence-corrected chi connectivity index (χ4v) is 2.99. The Kier molecular flexibility index (Phi) is 5.62. The van der Waals surface area contributed by atoms with Crippen LogP contribution in [0.25, 0.3) is 0 Å². The number of aliphatic hydroxyl groups is 1. The van der Waals surface area contributed by atoms with E-state index in [4.69, 9.17) is 0 Å². The summed E-state index contributed by atoms with van der Waals surface area (Å²) >= 11 is 0. The maximum Gasteiger partial charge on any atom is 0.0448 e. The summed E-state index contributed by atoms with van der Waals surface area (Å²) in [6.07, 6.45) is 8.79. The lowest BCUT2D eigenvalue weighted by atomic mass is 9.86. The maximum atomic E-state index is 9.19. The first-order valence-electron chi connectivity index (χ1n) is 6.62. The van der Waals surface area contributed by atoms with Crippen molar-refractivity contribution in [1.29, 1.82) is 0 Å². The Balaban J connectivity index is 2.55. The number of hydrogen-bond donors (Lipinski definition) is 2.